The molecule has 4 rings (SSSR count). The zero-order valence-electron chi connectivity index (χ0n) is 18.4. The van der Waals surface area contributed by atoms with Crippen LogP contribution in [-0.4, -0.2) is 57.6 Å². The third kappa shape index (κ3) is 5.40. The average Bonchev–Trinajstić information content (AvgIpc) is 2.96. The molecule has 0 saturated carbocycles. The number of halogens is 1. The van der Waals surface area contributed by atoms with Gasteiger partial charge in [-0.1, -0.05) is 18.2 Å². The number of aliphatic hydroxyl groups is 3. The zero-order chi connectivity index (χ0) is 25.2. The summed E-state index contributed by atoms with van der Waals surface area (Å²) < 4.78 is 25.5. The molecule has 2 aromatic carbocycles. The highest BCUT2D eigenvalue weighted by Gasteiger charge is 2.28. The molecular weight excluding hydrogens is 463 g/mol. The van der Waals surface area contributed by atoms with Gasteiger partial charge in [-0.15, -0.1) is 0 Å². The Labute approximate surface area is 198 Å². The molecule has 35 heavy (non-hydrogen) atoms. The Morgan fingerprint density at radius 3 is 2.74 bits per heavy atom. The first-order valence-corrected chi connectivity index (χ1v) is 10.8. The number of hydrogen-bond donors (Lipinski definition) is 5. The number of carbonyl (C=O) groups excluding carboxylic acids is 1. The number of nitrogens with zero attached hydrogens (tertiary/aromatic N) is 2. The summed E-state index contributed by atoms with van der Waals surface area (Å²) in [4.78, 5) is 24.3. The van der Waals surface area contributed by atoms with Crippen LogP contribution in [0.25, 0.3) is 22.2 Å². The number of oxazole rings is 1. The minimum absolute atomic E-state index is 0.0159. The van der Waals surface area contributed by atoms with Gasteiger partial charge in [-0.2, -0.15) is 9.83 Å². The molecular formula is C23H23FN4O7. The highest BCUT2D eigenvalue weighted by Crippen LogP contribution is 2.27. The number of hydrogen-bond acceptors (Lipinski definition) is 9. The maximum Gasteiger partial charge on any atom is 0.426 e. The van der Waals surface area contributed by atoms with Crippen molar-refractivity contribution in [2.24, 2.45) is 0 Å². The summed E-state index contributed by atoms with van der Waals surface area (Å²) in [6, 6.07) is 9.45. The second-order valence-electron chi connectivity index (χ2n) is 8.10. The molecule has 0 radical (unpaired) electrons. The number of ether oxygens (including phenoxy) is 1. The van der Waals surface area contributed by atoms with Gasteiger partial charge in [0.1, 0.15) is 18.0 Å². The quantitative estimate of drug-likeness (QED) is 0.298. The number of nitriles is 1. The third-order valence-corrected chi connectivity index (χ3v) is 5.60. The van der Waals surface area contributed by atoms with Crippen LogP contribution in [0.3, 0.4) is 0 Å². The highest BCUT2D eigenvalue weighted by molar-refractivity contribution is 5.82. The minimum atomic E-state index is -3.48. The summed E-state index contributed by atoms with van der Waals surface area (Å²) >= 11 is 0. The van der Waals surface area contributed by atoms with Crippen LogP contribution in [0.15, 0.2) is 45.6 Å². The molecule has 0 bridgehead atoms. The summed E-state index contributed by atoms with van der Waals surface area (Å²) in [6.45, 7) is 1.48. The summed E-state index contributed by atoms with van der Waals surface area (Å²) in [7, 11) is 0. The van der Waals surface area contributed by atoms with Crippen LogP contribution in [0.1, 0.15) is 12.0 Å². The Morgan fingerprint density at radius 1 is 1.29 bits per heavy atom. The maximum atomic E-state index is 14.9. The number of amides is 1. The van der Waals surface area contributed by atoms with Crippen molar-refractivity contribution < 1.29 is 33.7 Å². The van der Waals surface area contributed by atoms with Gasteiger partial charge in [-0.3, -0.25) is 4.79 Å². The van der Waals surface area contributed by atoms with Crippen molar-refractivity contribution in [2.75, 3.05) is 19.7 Å². The molecule has 11 nitrogen and oxygen atoms in total. The van der Waals surface area contributed by atoms with Gasteiger partial charge in [0.25, 0.3) is 5.91 Å². The van der Waals surface area contributed by atoms with Crippen molar-refractivity contribution in [3.05, 3.63) is 58.3 Å². The summed E-state index contributed by atoms with van der Waals surface area (Å²) in [5.41, 5.74) is 0.833. The Morgan fingerprint density at radius 2 is 2.03 bits per heavy atom. The topological polar surface area (TPSA) is 170 Å². The molecule has 2 heterocycles. The first-order chi connectivity index (χ1) is 16.7. The molecule has 0 spiro atoms. The van der Waals surface area contributed by atoms with Crippen LogP contribution in [0, 0.1) is 17.1 Å². The van der Waals surface area contributed by atoms with Crippen molar-refractivity contribution in [2.45, 2.75) is 31.1 Å². The van der Waals surface area contributed by atoms with E-state index in [9.17, 15) is 34.6 Å². The summed E-state index contributed by atoms with van der Waals surface area (Å²) in [6.07, 6.45) is -3.51. The van der Waals surface area contributed by atoms with Crippen LogP contribution in [0.2, 0.25) is 0 Å². The molecule has 0 aliphatic carbocycles. The summed E-state index contributed by atoms with van der Waals surface area (Å²) in [5.74, 6) is -2.27. The predicted octanol–water partition coefficient (Wildman–Crippen LogP) is -0.125. The second-order valence-corrected chi connectivity index (χ2v) is 8.10. The molecule has 3 aromatic rings. The number of nitrogens with one attached hydrogen (secondary N) is 2. The van der Waals surface area contributed by atoms with E-state index >= 15 is 0 Å². The van der Waals surface area contributed by atoms with Gasteiger partial charge >= 0.3 is 11.9 Å². The van der Waals surface area contributed by atoms with Crippen LogP contribution in [0.4, 0.5) is 4.39 Å². The Kier molecular flexibility index (Phi) is 6.97. The van der Waals surface area contributed by atoms with E-state index in [1.807, 2.05) is 6.07 Å². The molecule has 184 valence electrons. The molecule has 1 amide bonds. The van der Waals surface area contributed by atoms with E-state index in [1.54, 1.807) is 6.07 Å². The van der Waals surface area contributed by atoms with Crippen molar-refractivity contribution in [3.63, 3.8) is 0 Å². The lowest BCUT2D eigenvalue weighted by molar-refractivity contribution is -0.375. The molecule has 1 saturated heterocycles. The number of fused-ring (bicyclic) bond motifs is 1. The van der Waals surface area contributed by atoms with Gasteiger partial charge in [-0.25, -0.2) is 9.18 Å². The largest absolute Gasteiger partial charge is 0.426 e. The Hall–Kier alpha value is -3.60. The van der Waals surface area contributed by atoms with Gasteiger partial charge in [0.05, 0.1) is 11.6 Å². The fourth-order valence-electron chi connectivity index (χ4n) is 3.87. The van der Waals surface area contributed by atoms with E-state index in [1.165, 1.54) is 30.3 Å². The fourth-order valence-corrected chi connectivity index (χ4v) is 3.87. The van der Waals surface area contributed by atoms with Crippen LogP contribution >= 0.6 is 0 Å². The lowest BCUT2D eigenvalue weighted by Gasteiger charge is -2.18. The number of carbonyl (C=O) groups is 1. The normalized spacial score (nSPS) is 17.5. The first kappa shape index (κ1) is 24.5. The zero-order valence-corrected chi connectivity index (χ0v) is 18.4. The van der Waals surface area contributed by atoms with Crippen molar-refractivity contribution in [1.29, 1.82) is 5.26 Å². The molecule has 5 N–H and O–H groups in total. The molecule has 1 aromatic heterocycles. The minimum Gasteiger partial charge on any atom is -0.408 e. The van der Waals surface area contributed by atoms with E-state index in [4.69, 9.17) is 9.15 Å². The molecule has 2 atom stereocenters. The highest BCUT2D eigenvalue weighted by atomic mass is 19.1. The predicted molar refractivity (Wildman–Crippen MR) is 119 cm³/mol. The lowest BCUT2D eigenvalue weighted by atomic mass is 10.00. The van der Waals surface area contributed by atoms with Crippen LogP contribution in [-0.2, 0) is 22.0 Å². The van der Waals surface area contributed by atoms with Crippen molar-refractivity contribution >= 4 is 17.0 Å². The lowest BCUT2D eigenvalue weighted by Crippen LogP contribution is -2.46. The average molecular weight is 486 g/mol. The van der Waals surface area contributed by atoms with Crippen LogP contribution < -0.4 is 16.4 Å². The number of rotatable bonds is 6. The molecule has 0 unspecified atom stereocenters. The van der Waals surface area contributed by atoms with Crippen LogP contribution in [0.5, 0.6) is 0 Å². The van der Waals surface area contributed by atoms with Crippen molar-refractivity contribution in [1.82, 2.24) is 15.2 Å². The molecule has 1 aliphatic rings. The molecule has 12 heteroatoms. The Bertz CT molecular complexity index is 1330. The van der Waals surface area contributed by atoms with E-state index in [0.29, 0.717) is 24.3 Å². The number of benzene rings is 2. The summed E-state index contributed by atoms with van der Waals surface area (Å²) in [5, 5.41) is 43.5. The van der Waals surface area contributed by atoms with E-state index in [2.05, 4.69) is 10.6 Å². The monoisotopic (exact) mass is 486 g/mol. The standard InChI is InChI=1S/C23H23FN4O7/c24-17-9-13(14-4-5-19-18(10-14)28(22(30)35-19)23(31,32)33)2-3-15(17)8-16(11-25)27-21(29)20-12-26-6-1-7-34-20/h2-5,9-10,16,20,26,31-33H,1,6-8,12H2,(H,27,29)/t16-,20-/m0/s1. The number of aromatic nitrogens is 1. The van der Waals surface area contributed by atoms with Crippen molar-refractivity contribution in [3.8, 4) is 17.2 Å². The van der Waals surface area contributed by atoms with Gasteiger partial charge in [0, 0.05) is 19.6 Å². The third-order valence-electron chi connectivity index (χ3n) is 5.60. The van der Waals surface area contributed by atoms with E-state index < -0.39 is 35.7 Å². The maximum absolute atomic E-state index is 14.9. The first-order valence-electron chi connectivity index (χ1n) is 10.8. The smallest absolute Gasteiger partial charge is 0.408 e. The molecule has 1 fully saturated rings. The second kappa shape index (κ2) is 9.95. The Balaban J connectivity index is 1.53. The van der Waals surface area contributed by atoms with E-state index in [0.717, 1.165) is 13.0 Å². The van der Waals surface area contributed by atoms with Gasteiger partial charge in [-0.05, 0) is 47.9 Å². The van der Waals surface area contributed by atoms with Gasteiger partial charge < -0.3 is 35.1 Å². The SMILES string of the molecule is N#C[C@H](Cc1ccc(-c2ccc3oc(=O)n(C(O)(O)O)c3c2)cc1F)NC(=O)[C@@H]1CNCCCO1. The fraction of sp³-hybridized carbons (Fsp3) is 0.348. The van der Waals surface area contributed by atoms with Gasteiger partial charge in [0.2, 0.25) is 0 Å². The van der Waals surface area contributed by atoms with Gasteiger partial charge in [0.15, 0.2) is 5.58 Å². The van der Waals surface area contributed by atoms with E-state index in [-0.39, 0.29) is 27.7 Å². The molecule has 1 aliphatic heterocycles.